The van der Waals surface area contributed by atoms with Crippen LogP contribution in [0.1, 0.15) is 12.0 Å². The van der Waals surface area contributed by atoms with Gasteiger partial charge in [0.05, 0.1) is 6.42 Å². The Balaban J connectivity index is 1.91. The molecular weight excluding hydrogens is 284 g/mol. The fourth-order valence-electron chi connectivity index (χ4n) is 2.19. The standard InChI is InChI=1S/C16H18N2O4/c1-2-8-22-14(19)10-13-16(21)17-12(15(20)18-13)9-11-6-4-3-5-7-11/h2-7,12-13H,1,8-10H2,(H,17,21)(H,18,20)/t12-,13-/m0/s1. The van der Waals surface area contributed by atoms with Crippen molar-refractivity contribution < 1.29 is 19.1 Å². The molecular formula is C16H18N2O4. The molecule has 22 heavy (non-hydrogen) atoms. The summed E-state index contributed by atoms with van der Waals surface area (Å²) in [6.45, 7) is 3.51. The number of rotatable bonds is 6. The minimum atomic E-state index is -0.892. The Kier molecular flexibility index (Phi) is 5.30. The van der Waals surface area contributed by atoms with Crippen LogP contribution in [-0.4, -0.2) is 36.5 Å². The zero-order valence-corrected chi connectivity index (χ0v) is 12.1. The quantitative estimate of drug-likeness (QED) is 0.586. The van der Waals surface area contributed by atoms with Gasteiger partial charge in [0.2, 0.25) is 11.8 Å². The van der Waals surface area contributed by atoms with E-state index in [1.165, 1.54) is 6.08 Å². The highest BCUT2D eigenvalue weighted by molar-refractivity contribution is 5.98. The van der Waals surface area contributed by atoms with Crippen molar-refractivity contribution in [3.05, 3.63) is 48.6 Å². The van der Waals surface area contributed by atoms with Gasteiger partial charge in [-0.3, -0.25) is 14.4 Å². The molecule has 2 N–H and O–H groups in total. The molecule has 116 valence electrons. The fraction of sp³-hybridized carbons (Fsp3) is 0.312. The first-order chi connectivity index (χ1) is 10.6. The van der Waals surface area contributed by atoms with Crippen molar-refractivity contribution in [3.8, 4) is 0 Å². The third-order valence-electron chi connectivity index (χ3n) is 3.28. The van der Waals surface area contributed by atoms with Crippen LogP contribution in [0.15, 0.2) is 43.0 Å². The van der Waals surface area contributed by atoms with Crippen molar-refractivity contribution in [2.45, 2.75) is 24.9 Å². The number of amides is 2. The maximum Gasteiger partial charge on any atom is 0.308 e. The van der Waals surface area contributed by atoms with Gasteiger partial charge in [0.25, 0.3) is 0 Å². The molecule has 2 rings (SSSR count). The SMILES string of the molecule is C=CCOC(=O)C[C@@H]1NC(=O)[C@H](Cc2ccccc2)NC1=O. The lowest BCUT2D eigenvalue weighted by Gasteiger charge is -2.29. The number of hydrogen-bond donors (Lipinski definition) is 2. The molecule has 0 saturated carbocycles. The molecule has 0 aromatic heterocycles. The summed E-state index contributed by atoms with van der Waals surface area (Å²) in [5.74, 6) is -1.23. The summed E-state index contributed by atoms with van der Waals surface area (Å²) >= 11 is 0. The summed E-state index contributed by atoms with van der Waals surface area (Å²) in [5, 5.41) is 5.21. The van der Waals surface area contributed by atoms with Crippen molar-refractivity contribution in [3.63, 3.8) is 0 Å². The molecule has 1 saturated heterocycles. The molecule has 0 radical (unpaired) electrons. The number of nitrogens with one attached hydrogen (secondary N) is 2. The molecule has 0 bridgehead atoms. The monoisotopic (exact) mass is 302 g/mol. The maximum absolute atomic E-state index is 12.1. The predicted molar refractivity (Wildman–Crippen MR) is 79.8 cm³/mol. The highest BCUT2D eigenvalue weighted by Crippen LogP contribution is 2.08. The summed E-state index contributed by atoms with van der Waals surface area (Å²) in [7, 11) is 0. The van der Waals surface area contributed by atoms with Crippen molar-refractivity contribution >= 4 is 17.8 Å². The van der Waals surface area contributed by atoms with Crippen LogP contribution in [0.25, 0.3) is 0 Å². The van der Waals surface area contributed by atoms with E-state index in [9.17, 15) is 14.4 Å². The lowest BCUT2D eigenvalue weighted by molar-refractivity contribution is -0.146. The van der Waals surface area contributed by atoms with Crippen LogP contribution >= 0.6 is 0 Å². The first kappa shape index (κ1) is 15.8. The summed E-state index contributed by atoms with van der Waals surface area (Å²) in [6.07, 6.45) is 1.66. The number of piperazine rings is 1. The second kappa shape index (κ2) is 7.40. The van der Waals surface area contributed by atoms with Crippen LogP contribution in [-0.2, 0) is 25.5 Å². The number of hydrogen-bond acceptors (Lipinski definition) is 4. The third kappa shape index (κ3) is 4.18. The number of ether oxygens (including phenoxy) is 1. The molecule has 2 atom stereocenters. The molecule has 0 unspecified atom stereocenters. The Morgan fingerprint density at radius 1 is 1.14 bits per heavy atom. The van der Waals surface area contributed by atoms with E-state index in [2.05, 4.69) is 17.2 Å². The van der Waals surface area contributed by atoms with Crippen LogP contribution in [0.2, 0.25) is 0 Å². The molecule has 1 aromatic carbocycles. The summed E-state index contributed by atoms with van der Waals surface area (Å²) in [4.78, 5) is 35.5. The van der Waals surface area contributed by atoms with Crippen LogP contribution in [0.3, 0.4) is 0 Å². The Morgan fingerprint density at radius 2 is 1.77 bits per heavy atom. The average molecular weight is 302 g/mol. The topological polar surface area (TPSA) is 84.5 Å². The Hall–Kier alpha value is -2.63. The van der Waals surface area contributed by atoms with Gasteiger partial charge in [-0.05, 0) is 5.56 Å². The summed E-state index contributed by atoms with van der Waals surface area (Å²) in [5.41, 5.74) is 0.951. The fourth-order valence-corrected chi connectivity index (χ4v) is 2.19. The van der Waals surface area contributed by atoms with Gasteiger partial charge in [0.1, 0.15) is 18.7 Å². The van der Waals surface area contributed by atoms with Crippen LogP contribution < -0.4 is 10.6 Å². The van der Waals surface area contributed by atoms with Crippen molar-refractivity contribution in [2.75, 3.05) is 6.61 Å². The van der Waals surface area contributed by atoms with Gasteiger partial charge < -0.3 is 15.4 Å². The number of esters is 1. The van der Waals surface area contributed by atoms with E-state index in [1.807, 2.05) is 30.3 Å². The van der Waals surface area contributed by atoms with Gasteiger partial charge in [0, 0.05) is 6.42 Å². The van der Waals surface area contributed by atoms with Gasteiger partial charge >= 0.3 is 5.97 Å². The predicted octanol–water partition coefficient (Wildman–Crippen LogP) is 0.332. The molecule has 0 aliphatic carbocycles. The minimum Gasteiger partial charge on any atom is -0.461 e. The molecule has 0 spiro atoms. The molecule has 1 aliphatic rings. The highest BCUT2D eigenvalue weighted by atomic mass is 16.5. The number of carbonyl (C=O) groups is 3. The second-order valence-electron chi connectivity index (χ2n) is 4.99. The van der Waals surface area contributed by atoms with E-state index >= 15 is 0 Å². The van der Waals surface area contributed by atoms with Gasteiger partial charge in [-0.15, -0.1) is 0 Å². The zero-order valence-electron chi connectivity index (χ0n) is 12.1. The molecule has 1 aliphatic heterocycles. The van der Waals surface area contributed by atoms with E-state index in [0.29, 0.717) is 6.42 Å². The molecule has 1 aromatic rings. The molecule has 1 heterocycles. The zero-order chi connectivity index (χ0) is 15.9. The van der Waals surface area contributed by atoms with Crippen LogP contribution in [0.4, 0.5) is 0 Å². The van der Waals surface area contributed by atoms with E-state index in [4.69, 9.17) is 4.74 Å². The Bertz CT molecular complexity index is 571. The van der Waals surface area contributed by atoms with Crippen molar-refractivity contribution in [1.82, 2.24) is 10.6 Å². The smallest absolute Gasteiger partial charge is 0.308 e. The Labute approximate surface area is 128 Å². The van der Waals surface area contributed by atoms with Gasteiger partial charge in [-0.2, -0.15) is 0 Å². The van der Waals surface area contributed by atoms with E-state index in [1.54, 1.807) is 0 Å². The second-order valence-corrected chi connectivity index (χ2v) is 4.99. The lowest BCUT2D eigenvalue weighted by Crippen LogP contribution is -2.62. The lowest BCUT2D eigenvalue weighted by atomic mass is 10.0. The van der Waals surface area contributed by atoms with E-state index < -0.39 is 18.1 Å². The molecule has 6 nitrogen and oxygen atoms in total. The normalized spacial score (nSPS) is 20.7. The summed E-state index contributed by atoms with van der Waals surface area (Å²) < 4.78 is 4.81. The first-order valence-corrected chi connectivity index (χ1v) is 7.01. The number of carbonyl (C=O) groups excluding carboxylic acids is 3. The molecule has 1 fully saturated rings. The largest absolute Gasteiger partial charge is 0.461 e. The van der Waals surface area contributed by atoms with Gasteiger partial charge in [0.15, 0.2) is 0 Å². The van der Waals surface area contributed by atoms with Crippen LogP contribution in [0, 0.1) is 0 Å². The number of benzene rings is 1. The highest BCUT2D eigenvalue weighted by Gasteiger charge is 2.34. The molecule has 2 amide bonds. The van der Waals surface area contributed by atoms with Crippen molar-refractivity contribution in [2.24, 2.45) is 0 Å². The van der Waals surface area contributed by atoms with Crippen molar-refractivity contribution in [1.29, 1.82) is 0 Å². The first-order valence-electron chi connectivity index (χ1n) is 7.01. The van der Waals surface area contributed by atoms with Crippen LogP contribution in [0.5, 0.6) is 0 Å². The maximum atomic E-state index is 12.1. The van der Waals surface area contributed by atoms with Gasteiger partial charge in [-0.25, -0.2) is 0 Å². The molecule has 6 heteroatoms. The minimum absolute atomic E-state index is 0.0811. The summed E-state index contributed by atoms with van der Waals surface area (Å²) in [6, 6.07) is 7.88. The third-order valence-corrected chi connectivity index (χ3v) is 3.28. The Morgan fingerprint density at radius 3 is 2.45 bits per heavy atom. The average Bonchev–Trinajstić information content (AvgIpc) is 2.51. The van der Waals surface area contributed by atoms with Gasteiger partial charge in [-0.1, -0.05) is 43.0 Å². The van der Waals surface area contributed by atoms with E-state index in [-0.39, 0.29) is 24.8 Å². The van der Waals surface area contributed by atoms with E-state index in [0.717, 1.165) is 5.56 Å².